The summed E-state index contributed by atoms with van der Waals surface area (Å²) in [4.78, 5) is 0. The molecule has 14 heavy (non-hydrogen) atoms. The van der Waals surface area contributed by atoms with E-state index in [4.69, 9.17) is 4.74 Å². The summed E-state index contributed by atoms with van der Waals surface area (Å²) < 4.78 is 5.27. The Morgan fingerprint density at radius 2 is 2.21 bits per heavy atom. The molecule has 0 heterocycles. The molecule has 0 fully saturated rings. The van der Waals surface area contributed by atoms with Gasteiger partial charge in [-0.3, -0.25) is 0 Å². The summed E-state index contributed by atoms with van der Waals surface area (Å²) in [5, 5.41) is 0. The Balaban J connectivity index is 2.40. The number of hydrogen-bond donors (Lipinski definition) is 0. The maximum absolute atomic E-state index is 5.27. The predicted octanol–water partition coefficient (Wildman–Crippen LogP) is 3.52. The molecule has 0 radical (unpaired) electrons. The van der Waals surface area contributed by atoms with Crippen LogP contribution >= 0.6 is 0 Å². The lowest BCUT2D eigenvalue weighted by Gasteiger charge is -1.97. The molecule has 1 nitrogen and oxygen atoms in total. The Bertz CT molecular complexity index is 331. The van der Waals surface area contributed by atoms with E-state index in [1.165, 1.54) is 12.0 Å². The van der Waals surface area contributed by atoms with Crippen LogP contribution in [0, 0.1) is 19.0 Å². The Hall–Kier alpha value is -1.42. The molecule has 0 saturated carbocycles. The standard InChI is InChI=1S/C13H16O/c1-3-4-5-6-10-14-13-9-7-8-12(2)11-13/h7-9,11H,3-5H2,1-2H3. The van der Waals surface area contributed by atoms with Gasteiger partial charge >= 0.3 is 0 Å². The van der Waals surface area contributed by atoms with E-state index in [2.05, 4.69) is 19.0 Å². The molecular weight excluding hydrogens is 172 g/mol. The van der Waals surface area contributed by atoms with Crippen molar-refractivity contribution in [2.24, 2.45) is 0 Å². The highest BCUT2D eigenvalue weighted by molar-refractivity contribution is 5.28. The molecule has 0 saturated heterocycles. The number of unbranched alkanes of at least 4 members (excludes halogenated alkanes) is 2. The van der Waals surface area contributed by atoms with Gasteiger partial charge in [0.25, 0.3) is 0 Å². The van der Waals surface area contributed by atoms with Crippen molar-refractivity contribution in [2.45, 2.75) is 33.1 Å². The van der Waals surface area contributed by atoms with Gasteiger partial charge < -0.3 is 4.74 Å². The zero-order valence-corrected chi connectivity index (χ0v) is 8.84. The number of rotatable bonds is 3. The SMILES string of the molecule is CCCCC#COc1cccc(C)c1. The van der Waals surface area contributed by atoms with Crippen LogP contribution in [-0.2, 0) is 0 Å². The highest BCUT2D eigenvalue weighted by Crippen LogP contribution is 2.11. The van der Waals surface area contributed by atoms with Crippen LogP contribution in [0.25, 0.3) is 0 Å². The molecule has 74 valence electrons. The van der Waals surface area contributed by atoms with Gasteiger partial charge in [-0.15, -0.1) is 0 Å². The van der Waals surface area contributed by atoms with Gasteiger partial charge in [-0.1, -0.05) is 31.4 Å². The van der Waals surface area contributed by atoms with Crippen LogP contribution in [0.5, 0.6) is 5.75 Å². The molecule has 0 aliphatic heterocycles. The van der Waals surface area contributed by atoms with E-state index in [0.717, 1.165) is 18.6 Å². The van der Waals surface area contributed by atoms with E-state index in [1.54, 1.807) is 0 Å². The minimum Gasteiger partial charge on any atom is -0.408 e. The van der Waals surface area contributed by atoms with Crippen molar-refractivity contribution in [3.63, 3.8) is 0 Å². The van der Waals surface area contributed by atoms with Gasteiger partial charge in [0.05, 0.1) is 0 Å². The van der Waals surface area contributed by atoms with E-state index in [-0.39, 0.29) is 0 Å². The van der Waals surface area contributed by atoms with Crippen LogP contribution in [0.3, 0.4) is 0 Å². The second-order valence-electron chi connectivity index (χ2n) is 3.30. The summed E-state index contributed by atoms with van der Waals surface area (Å²) >= 11 is 0. The van der Waals surface area contributed by atoms with Crippen LogP contribution in [0.1, 0.15) is 31.7 Å². The Morgan fingerprint density at radius 3 is 2.93 bits per heavy atom. The van der Waals surface area contributed by atoms with Crippen molar-refractivity contribution in [1.29, 1.82) is 0 Å². The number of aryl methyl sites for hydroxylation is 1. The first-order valence-electron chi connectivity index (χ1n) is 5.04. The average molecular weight is 188 g/mol. The van der Waals surface area contributed by atoms with Gasteiger partial charge in [-0.05, 0) is 31.0 Å². The minimum absolute atomic E-state index is 0.828. The summed E-state index contributed by atoms with van der Waals surface area (Å²) in [5.74, 6) is 3.81. The van der Waals surface area contributed by atoms with Gasteiger partial charge in [0.2, 0.25) is 0 Å². The Labute approximate surface area is 86.1 Å². The molecule has 1 aromatic carbocycles. The monoisotopic (exact) mass is 188 g/mol. The molecule has 0 amide bonds. The first-order chi connectivity index (χ1) is 6.83. The van der Waals surface area contributed by atoms with Crippen LogP contribution in [0.2, 0.25) is 0 Å². The summed E-state index contributed by atoms with van der Waals surface area (Å²) in [5.41, 5.74) is 1.19. The van der Waals surface area contributed by atoms with Crippen molar-refractivity contribution in [1.82, 2.24) is 0 Å². The fraction of sp³-hybridized carbons (Fsp3) is 0.385. The largest absolute Gasteiger partial charge is 0.408 e. The first kappa shape index (κ1) is 10.7. The van der Waals surface area contributed by atoms with Gasteiger partial charge in [0.15, 0.2) is 0 Å². The molecule has 0 aliphatic carbocycles. The summed E-state index contributed by atoms with van der Waals surface area (Å²) in [6.45, 7) is 4.19. The van der Waals surface area contributed by atoms with Crippen molar-refractivity contribution < 1.29 is 4.74 Å². The lowest BCUT2D eigenvalue weighted by atomic mass is 10.2. The second-order valence-corrected chi connectivity index (χ2v) is 3.30. The third-order valence-electron chi connectivity index (χ3n) is 1.89. The lowest BCUT2D eigenvalue weighted by molar-refractivity contribution is 0.518. The lowest BCUT2D eigenvalue weighted by Crippen LogP contribution is -1.83. The normalized spacial score (nSPS) is 9.00. The van der Waals surface area contributed by atoms with E-state index in [0.29, 0.717) is 0 Å². The Kier molecular flexibility index (Phi) is 4.64. The molecule has 0 spiro atoms. The predicted molar refractivity (Wildman–Crippen MR) is 59.1 cm³/mol. The first-order valence-corrected chi connectivity index (χ1v) is 5.04. The van der Waals surface area contributed by atoms with Gasteiger partial charge in [-0.25, -0.2) is 0 Å². The number of hydrogen-bond acceptors (Lipinski definition) is 1. The maximum atomic E-state index is 5.27. The highest BCUT2D eigenvalue weighted by Gasteiger charge is 1.89. The molecule has 1 aromatic rings. The zero-order valence-electron chi connectivity index (χ0n) is 8.84. The third kappa shape index (κ3) is 4.00. The van der Waals surface area contributed by atoms with Gasteiger partial charge in [-0.2, -0.15) is 0 Å². The van der Waals surface area contributed by atoms with Gasteiger partial charge in [0.1, 0.15) is 11.9 Å². The average Bonchev–Trinajstić information content (AvgIpc) is 2.18. The summed E-state index contributed by atoms with van der Waals surface area (Å²) in [6, 6.07) is 7.91. The van der Waals surface area contributed by atoms with E-state index in [9.17, 15) is 0 Å². The molecule has 0 N–H and O–H groups in total. The fourth-order valence-electron chi connectivity index (χ4n) is 1.09. The van der Waals surface area contributed by atoms with Crippen LogP contribution < -0.4 is 4.74 Å². The van der Waals surface area contributed by atoms with E-state index < -0.39 is 0 Å². The topological polar surface area (TPSA) is 9.23 Å². The molecule has 0 aliphatic rings. The fourth-order valence-corrected chi connectivity index (χ4v) is 1.09. The second kappa shape index (κ2) is 6.10. The van der Waals surface area contributed by atoms with Crippen molar-refractivity contribution >= 4 is 0 Å². The summed E-state index contributed by atoms with van der Waals surface area (Å²) in [7, 11) is 0. The molecule has 1 rings (SSSR count). The molecule has 0 atom stereocenters. The smallest absolute Gasteiger partial charge is 0.140 e. The van der Waals surface area contributed by atoms with Crippen LogP contribution in [0.15, 0.2) is 24.3 Å². The number of ether oxygens (including phenoxy) is 1. The van der Waals surface area contributed by atoms with Crippen LogP contribution in [0.4, 0.5) is 0 Å². The third-order valence-corrected chi connectivity index (χ3v) is 1.89. The molecule has 1 heteroatoms. The van der Waals surface area contributed by atoms with E-state index >= 15 is 0 Å². The van der Waals surface area contributed by atoms with E-state index in [1.807, 2.05) is 31.2 Å². The maximum Gasteiger partial charge on any atom is 0.140 e. The van der Waals surface area contributed by atoms with Crippen molar-refractivity contribution in [3.8, 4) is 17.8 Å². The molecule has 0 aromatic heterocycles. The molecule has 0 unspecified atom stereocenters. The molecular formula is C13H16O. The van der Waals surface area contributed by atoms with Gasteiger partial charge in [0, 0.05) is 6.42 Å². The van der Waals surface area contributed by atoms with Crippen LogP contribution in [-0.4, -0.2) is 0 Å². The number of benzene rings is 1. The van der Waals surface area contributed by atoms with Crippen molar-refractivity contribution in [3.05, 3.63) is 29.8 Å². The minimum atomic E-state index is 0.828. The Morgan fingerprint density at radius 1 is 1.36 bits per heavy atom. The summed E-state index contributed by atoms with van der Waals surface area (Å²) in [6.07, 6.45) is 5.96. The molecule has 0 bridgehead atoms. The zero-order chi connectivity index (χ0) is 10.2. The highest BCUT2D eigenvalue weighted by atomic mass is 16.5. The van der Waals surface area contributed by atoms with Crippen molar-refractivity contribution in [2.75, 3.05) is 0 Å². The quantitative estimate of drug-likeness (QED) is 0.521.